The molecule has 2 aromatic carbocycles. The minimum Gasteiger partial charge on any atom is -0.234 e. The summed E-state index contributed by atoms with van der Waals surface area (Å²) in [4.78, 5) is 0. The molecule has 1 atom stereocenters. The maximum Gasteiger partial charge on any atom is 0.144 e. The van der Waals surface area contributed by atoms with Gasteiger partial charge in [0.25, 0.3) is 0 Å². The van der Waals surface area contributed by atoms with Crippen molar-refractivity contribution >= 4 is 60.3 Å². The molecule has 128 valence electrons. The predicted molar refractivity (Wildman–Crippen MR) is 112 cm³/mol. The summed E-state index contributed by atoms with van der Waals surface area (Å²) < 4.78 is 18.3. The molecule has 0 radical (unpaired) electrons. The molecule has 0 spiro atoms. The third kappa shape index (κ3) is 3.79. The molecule has 0 N–H and O–H groups in total. The summed E-state index contributed by atoms with van der Waals surface area (Å²) in [6, 6.07) is 10.2. The molecule has 3 aromatic rings. The fourth-order valence-electron chi connectivity index (χ4n) is 2.40. The van der Waals surface area contributed by atoms with E-state index in [1.54, 1.807) is 17.6 Å². The molecule has 0 aliphatic carbocycles. The predicted octanol–water partition coefficient (Wildman–Crippen LogP) is 5.96. The lowest BCUT2D eigenvalue weighted by molar-refractivity contribution is 0.651. The maximum absolute atomic E-state index is 12.1. The molecule has 3 rings (SSSR count). The SMILES string of the molecule is CC#Cc1ccc2sc3cc(Cl)c(C=N[S@](=O)C(C)(C)C)cc3c2c1. The van der Waals surface area contributed by atoms with Crippen molar-refractivity contribution in [3.63, 3.8) is 0 Å². The van der Waals surface area contributed by atoms with Gasteiger partial charge in [-0.25, -0.2) is 4.21 Å². The van der Waals surface area contributed by atoms with E-state index < -0.39 is 15.7 Å². The molecule has 25 heavy (non-hydrogen) atoms. The van der Waals surface area contributed by atoms with E-state index in [2.05, 4.69) is 28.4 Å². The number of rotatable bonds is 2. The Morgan fingerprint density at radius 2 is 1.88 bits per heavy atom. The molecule has 0 amide bonds. The van der Waals surface area contributed by atoms with Gasteiger partial charge in [-0.05, 0) is 58.0 Å². The van der Waals surface area contributed by atoms with E-state index in [1.807, 2.05) is 45.9 Å². The Hall–Kier alpha value is -1.67. The van der Waals surface area contributed by atoms with Crippen molar-refractivity contribution in [2.45, 2.75) is 32.4 Å². The summed E-state index contributed by atoms with van der Waals surface area (Å²) in [6.07, 6.45) is 1.61. The van der Waals surface area contributed by atoms with Gasteiger partial charge in [0, 0.05) is 37.5 Å². The zero-order valence-electron chi connectivity index (χ0n) is 14.5. The Labute approximate surface area is 159 Å². The molecule has 0 saturated carbocycles. The van der Waals surface area contributed by atoms with E-state index in [9.17, 15) is 4.21 Å². The molecular formula is C20H18ClNOS2. The normalized spacial score (nSPS) is 13.3. The van der Waals surface area contributed by atoms with E-state index >= 15 is 0 Å². The number of thiophene rings is 1. The summed E-state index contributed by atoms with van der Waals surface area (Å²) in [7, 11) is -1.31. The van der Waals surface area contributed by atoms with Crippen LogP contribution in [0.25, 0.3) is 20.2 Å². The second-order valence-electron chi connectivity index (χ2n) is 6.65. The monoisotopic (exact) mass is 387 g/mol. The maximum atomic E-state index is 12.1. The highest BCUT2D eigenvalue weighted by atomic mass is 35.5. The molecule has 0 bridgehead atoms. The van der Waals surface area contributed by atoms with E-state index in [1.165, 1.54) is 4.70 Å². The van der Waals surface area contributed by atoms with Crippen LogP contribution in [-0.2, 0) is 11.0 Å². The molecular weight excluding hydrogens is 370 g/mol. The Balaban J connectivity index is 2.14. The van der Waals surface area contributed by atoms with Crippen LogP contribution >= 0.6 is 22.9 Å². The van der Waals surface area contributed by atoms with Crippen molar-refractivity contribution in [2.24, 2.45) is 4.40 Å². The van der Waals surface area contributed by atoms with Crippen LogP contribution in [0.4, 0.5) is 0 Å². The van der Waals surface area contributed by atoms with Crippen molar-refractivity contribution in [2.75, 3.05) is 0 Å². The van der Waals surface area contributed by atoms with Crippen molar-refractivity contribution in [3.8, 4) is 11.8 Å². The zero-order valence-corrected chi connectivity index (χ0v) is 16.9. The Kier molecular flexibility index (Phi) is 5.02. The average molecular weight is 388 g/mol. The van der Waals surface area contributed by atoms with Gasteiger partial charge in [0.2, 0.25) is 0 Å². The van der Waals surface area contributed by atoms with Gasteiger partial charge in [0.1, 0.15) is 11.0 Å². The highest BCUT2D eigenvalue weighted by molar-refractivity contribution is 7.85. The summed E-state index contributed by atoms with van der Waals surface area (Å²) in [5.41, 5.74) is 1.77. The number of benzene rings is 2. The van der Waals surface area contributed by atoms with Crippen LogP contribution < -0.4 is 0 Å². The Morgan fingerprint density at radius 1 is 1.16 bits per heavy atom. The first kappa shape index (κ1) is 18.1. The molecule has 1 aromatic heterocycles. The molecule has 2 nitrogen and oxygen atoms in total. The molecule has 0 saturated heterocycles. The summed E-state index contributed by atoms with van der Waals surface area (Å²) in [6.45, 7) is 7.52. The van der Waals surface area contributed by atoms with Gasteiger partial charge in [0.05, 0.1) is 9.77 Å². The lowest BCUT2D eigenvalue weighted by Gasteiger charge is -2.12. The molecule has 1 heterocycles. The number of nitrogens with zero attached hydrogens (tertiary/aromatic N) is 1. The van der Waals surface area contributed by atoms with E-state index in [0.29, 0.717) is 5.02 Å². The highest BCUT2D eigenvalue weighted by Gasteiger charge is 2.18. The fraction of sp³-hybridized carbons (Fsp3) is 0.250. The third-order valence-electron chi connectivity index (χ3n) is 3.67. The molecule has 0 aliphatic rings. The average Bonchev–Trinajstić information content (AvgIpc) is 2.88. The highest BCUT2D eigenvalue weighted by Crippen LogP contribution is 2.37. The fourth-order valence-corrected chi connectivity index (χ4v) is 4.31. The summed E-state index contributed by atoms with van der Waals surface area (Å²) in [5.74, 6) is 6.03. The van der Waals surface area contributed by atoms with Crippen LogP contribution in [0.3, 0.4) is 0 Å². The summed E-state index contributed by atoms with van der Waals surface area (Å²) in [5, 5.41) is 2.89. The molecule has 0 aliphatic heterocycles. The van der Waals surface area contributed by atoms with E-state index in [-0.39, 0.29) is 0 Å². The van der Waals surface area contributed by atoms with Crippen molar-refractivity contribution in [1.82, 2.24) is 0 Å². The van der Waals surface area contributed by atoms with Crippen LogP contribution in [0.2, 0.25) is 5.02 Å². The second-order valence-corrected chi connectivity index (χ2v) is 10.1. The van der Waals surface area contributed by atoms with Gasteiger partial charge >= 0.3 is 0 Å². The second kappa shape index (κ2) is 6.92. The lowest BCUT2D eigenvalue weighted by Crippen LogP contribution is -2.19. The Morgan fingerprint density at radius 3 is 2.56 bits per heavy atom. The van der Waals surface area contributed by atoms with Crippen molar-refractivity contribution in [1.29, 1.82) is 0 Å². The minimum atomic E-state index is -1.31. The standard InChI is InChI=1S/C20H18ClNOS2/c1-5-6-13-7-8-18-15(9-13)16-10-14(17(21)11-19(16)24-18)12-22-25(23)20(2,3)4/h7-12H,1-4H3/t25-/m1/s1. The van der Waals surface area contributed by atoms with Crippen LogP contribution in [0.5, 0.6) is 0 Å². The molecule has 5 heteroatoms. The smallest absolute Gasteiger partial charge is 0.144 e. The van der Waals surface area contributed by atoms with Crippen LogP contribution in [0, 0.1) is 11.8 Å². The van der Waals surface area contributed by atoms with Crippen molar-refractivity contribution < 1.29 is 4.21 Å². The number of fused-ring (bicyclic) bond motifs is 3. The lowest BCUT2D eigenvalue weighted by atomic mass is 10.1. The first-order valence-corrected chi connectivity index (χ1v) is 10.1. The summed E-state index contributed by atoms with van der Waals surface area (Å²) >= 11 is 8.11. The number of hydrogen-bond donors (Lipinski definition) is 0. The van der Waals surface area contributed by atoms with E-state index in [0.717, 1.165) is 26.6 Å². The zero-order chi connectivity index (χ0) is 18.2. The van der Waals surface area contributed by atoms with Gasteiger partial charge in [0.15, 0.2) is 0 Å². The molecule has 0 fully saturated rings. The largest absolute Gasteiger partial charge is 0.234 e. The van der Waals surface area contributed by atoms with Crippen LogP contribution in [0.15, 0.2) is 34.7 Å². The van der Waals surface area contributed by atoms with Gasteiger partial charge in [-0.1, -0.05) is 17.5 Å². The minimum absolute atomic E-state index is 0.393. The Bertz CT molecular complexity index is 1080. The number of hydrogen-bond acceptors (Lipinski definition) is 2. The van der Waals surface area contributed by atoms with Crippen LogP contribution in [-0.4, -0.2) is 15.2 Å². The first-order valence-electron chi connectivity index (χ1n) is 7.84. The first-order chi connectivity index (χ1) is 11.8. The molecule has 0 unspecified atom stereocenters. The third-order valence-corrected chi connectivity index (χ3v) is 6.47. The topological polar surface area (TPSA) is 29.4 Å². The quantitative estimate of drug-likeness (QED) is 0.394. The number of halogens is 1. The van der Waals surface area contributed by atoms with Crippen LogP contribution in [0.1, 0.15) is 38.8 Å². The van der Waals surface area contributed by atoms with Gasteiger partial charge < -0.3 is 0 Å². The van der Waals surface area contributed by atoms with Gasteiger partial charge in [-0.3, -0.25) is 0 Å². The van der Waals surface area contributed by atoms with Crippen molar-refractivity contribution in [3.05, 3.63) is 46.5 Å². The van der Waals surface area contributed by atoms with Gasteiger partial charge in [-0.15, -0.1) is 17.3 Å². The van der Waals surface area contributed by atoms with Gasteiger partial charge in [-0.2, -0.15) is 4.40 Å². The van der Waals surface area contributed by atoms with E-state index in [4.69, 9.17) is 11.6 Å².